The number of nitrogens with zero attached hydrogens (tertiary/aromatic N) is 2. The Kier molecular flexibility index (Phi) is 4.70. The molecule has 1 aliphatic heterocycles. The zero-order valence-corrected chi connectivity index (χ0v) is 14.4. The third kappa shape index (κ3) is 3.27. The van der Waals surface area contributed by atoms with Crippen molar-refractivity contribution in [3.8, 4) is 11.3 Å². The molecule has 0 bridgehead atoms. The maximum Gasteiger partial charge on any atom is 0.123 e. The van der Waals surface area contributed by atoms with Gasteiger partial charge in [0.1, 0.15) is 5.82 Å². The molecule has 3 heteroatoms. The molecule has 2 aliphatic rings. The molecule has 2 heterocycles. The van der Waals surface area contributed by atoms with Gasteiger partial charge in [-0.15, -0.1) is 0 Å². The summed E-state index contributed by atoms with van der Waals surface area (Å²) in [5, 5.41) is 0. The number of hydrogen-bond acceptors (Lipinski definition) is 1. The molecule has 0 radical (unpaired) electrons. The van der Waals surface area contributed by atoms with E-state index in [-0.39, 0.29) is 5.82 Å². The number of halogens is 1. The van der Waals surface area contributed by atoms with Crippen molar-refractivity contribution in [1.82, 2.24) is 9.47 Å². The minimum atomic E-state index is -0.157. The Labute approximate surface area is 144 Å². The summed E-state index contributed by atoms with van der Waals surface area (Å²) >= 11 is 0. The summed E-state index contributed by atoms with van der Waals surface area (Å²) in [6.07, 6.45) is 8.91. The van der Waals surface area contributed by atoms with Gasteiger partial charge in [0.2, 0.25) is 0 Å². The highest BCUT2D eigenvalue weighted by Crippen LogP contribution is 2.31. The molecule has 2 aromatic rings. The van der Waals surface area contributed by atoms with Gasteiger partial charge in [0.15, 0.2) is 0 Å². The SMILES string of the molecule is Fc1ccc(-c2cc3c(n2CCCN2CCCC2)CCCC3)cc1. The molecule has 0 atom stereocenters. The van der Waals surface area contributed by atoms with Crippen LogP contribution in [0.15, 0.2) is 30.3 Å². The van der Waals surface area contributed by atoms with Gasteiger partial charge in [-0.25, -0.2) is 4.39 Å². The van der Waals surface area contributed by atoms with Crippen molar-refractivity contribution < 1.29 is 4.39 Å². The monoisotopic (exact) mass is 326 g/mol. The average Bonchev–Trinajstić information content (AvgIpc) is 3.24. The second-order valence-corrected chi connectivity index (χ2v) is 7.27. The number of benzene rings is 1. The van der Waals surface area contributed by atoms with Gasteiger partial charge in [-0.2, -0.15) is 0 Å². The van der Waals surface area contributed by atoms with Crippen molar-refractivity contribution in [3.05, 3.63) is 47.4 Å². The third-order valence-electron chi connectivity index (χ3n) is 5.60. The van der Waals surface area contributed by atoms with Gasteiger partial charge in [-0.05, 0) is 106 Å². The van der Waals surface area contributed by atoms with Crippen LogP contribution >= 0.6 is 0 Å². The lowest BCUT2D eigenvalue weighted by Gasteiger charge is -2.19. The molecule has 128 valence electrons. The lowest BCUT2D eigenvalue weighted by atomic mass is 9.98. The van der Waals surface area contributed by atoms with Crippen LogP contribution in [0.3, 0.4) is 0 Å². The number of likely N-dealkylation sites (tertiary alicyclic amines) is 1. The van der Waals surface area contributed by atoms with Crippen molar-refractivity contribution in [3.63, 3.8) is 0 Å². The van der Waals surface area contributed by atoms with E-state index in [1.54, 1.807) is 12.1 Å². The van der Waals surface area contributed by atoms with Crippen molar-refractivity contribution in [1.29, 1.82) is 0 Å². The number of aryl methyl sites for hydroxylation is 1. The molecule has 1 aromatic heterocycles. The molecule has 24 heavy (non-hydrogen) atoms. The Hall–Kier alpha value is -1.61. The summed E-state index contributed by atoms with van der Waals surface area (Å²) in [5.41, 5.74) is 5.47. The highest BCUT2D eigenvalue weighted by atomic mass is 19.1. The quantitative estimate of drug-likeness (QED) is 0.776. The standard InChI is InChI=1S/C21H27FN2/c22-19-10-8-17(9-11-19)21-16-18-6-1-2-7-20(18)24(21)15-5-14-23-12-3-4-13-23/h8-11,16H,1-7,12-15H2. The molecule has 0 spiro atoms. The van der Waals surface area contributed by atoms with E-state index in [2.05, 4.69) is 15.5 Å². The predicted molar refractivity (Wildman–Crippen MR) is 96.8 cm³/mol. The predicted octanol–water partition coefficient (Wildman–Crippen LogP) is 4.66. The number of hydrogen-bond donors (Lipinski definition) is 0. The van der Waals surface area contributed by atoms with E-state index in [0.29, 0.717) is 0 Å². The zero-order valence-electron chi connectivity index (χ0n) is 14.4. The largest absolute Gasteiger partial charge is 0.344 e. The molecule has 1 aliphatic carbocycles. The number of rotatable bonds is 5. The molecule has 4 rings (SSSR count). The molecule has 0 unspecified atom stereocenters. The normalized spacial score (nSPS) is 18.0. The van der Waals surface area contributed by atoms with Gasteiger partial charge in [0.05, 0.1) is 0 Å². The maximum absolute atomic E-state index is 13.3. The van der Waals surface area contributed by atoms with Crippen LogP contribution in [-0.4, -0.2) is 29.1 Å². The Morgan fingerprint density at radius 2 is 1.62 bits per heavy atom. The average molecular weight is 326 g/mol. The van der Waals surface area contributed by atoms with E-state index in [1.165, 1.54) is 81.5 Å². The van der Waals surface area contributed by atoms with Crippen LogP contribution in [0.25, 0.3) is 11.3 Å². The van der Waals surface area contributed by atoms with Crippen LogP contribution in [0.2, 0.25) is 0 Å². The molecule has 1 saturated heterocycles. The summed E-state index contributed by atoms with van der Waals surface area (Å²) in [5.74, 6) is -0.157. The van der Waals surface area contributed by atoms with E-state index in [0.717, 1.165) is 12.1 Å². The molecule has 0 saturated carbocycles. The van der Waals surface area contributed by atoms with Crippen LogP contribution in [0.5, 0.6) is 0 Å². The lowest BCUT2D eigenvalue weighted by molar-refractivity contribution is 0.324. The summed E-state index contributed by atoms with van der Waals surface area (Å²) in [4.78, 5) is 2.59. The summed E-state index contributed by atoms with van der Waals surface area (Å²) in [6, 6.07) is 9.36. The van der Waals surface area contributed by atoms with E-state index in [4.69, 9.17) is 0 Å². The highest BCUT2D eigenvalue weighted by molar-refractivity contribution is 5.63. The molecular weight excluding hydrogens is 299 g/mol. The maximum atomic E-state index is 13.3. The first-order chi connectivity index (χ1) is 11.8. The third-order valence-corrected chi connectivity index (χ3v) is 5.60. The molecule has 1 fully saturated rings. The van der Waals surface area contributed by atoms with Crippen LogP contribution in [0.1, 0.15) is 43.4 Å². The first-order valence-electron chi connectivity index (χ1n) is 9.51. The topological polar surface area (TPSA) is 8.17 Å². The summed E-state index contributed by atoms with van der Waals surface area (Å²) < 4.78 is 15.8. The second-order valence-electron chi connectivity index (χ2n) is 7.27. The first-order valence-corrected chi connectivity index (χ1v) is 9.51. The van der Waals surface area contributed by atoms with Gasteiger partial charge >= 0.3 is 0 Å². The van der Waals surface area contributed by atoms with E-state index >= 15 is 0 Å². The van der Waals surface area contributed by atoms with Crippen LogP contribution in [0.4, 0.5) is 4.39 Å². The van der Waals surface area contributed by atoms with Crippen LogP contribution in [-0.2, 0) is 19.4 Å². The van der Waals surface area contributed by atoms with Crippen LogP contribution < -0.4 is 0 Å². The van der Waals surface area contributed by atoms with Crippen LogP contribution in [0, 0.1) is 5.82 Å². The second kappa shape index (κ2) is 7.10. The van der Waals surface area contributed by atoms with Gasteiger partial charge < -0.3 is 9.47 Å². The Morgan fingerprint density at radius 1 is 0.875 bits per heavy atom. The zero-order chi connectivity index (χ0) is 16.4. The minimum absolute atomic E-state index is 0.157. The lowest BCUT2D eigenvalue weighted by Crippen LogP contribution is -2.22. The van der Waals surface area contributed by atoms with E-state index in [1.807, 2.05) is 12.1 Å². The van der Waals surface area contributed by atoms with E-state index < -0.39 is 0 Å². The smallest absolute Gasteiger partial charge is 0.123 e. The molecule has 0 amide bonds. The summed E-state index contributed by atoms with van der Waals surface area (Å²) in [7, 11) is 0. The fourth-order valence-electron chi connectivity index (χ4n) is 4.34. The minimum Gasteiger partial charge on any atom is -0.344 e. The van der Waals surface area contributed by atoms with Crippen molar-refractivity contribution >= 4 is 0 Å². The molecular formula is C21H27FN2. The fraction of sp³-hybridized carbons (Fsp3) is 0.524. The Morgan fingerprint density at radius 3 is 2.42 bits per heavy atom. The molecule has 0 N–H and O–H groups in total. The summed E-state index contributed by atoms with van der Waals surface area (Å²) in [6.45, 7) is 4.83. The van der Waals surface area contributed by atoms with Gasteiger partial charge in [0.25, 0.3) is 0 Å². The number of fused-ring (bicyclic) bond motifs is 1. The van der Waals surface area contributed by atoms with E-state index in [9.17, 15) is 4.39 Å². The molecule has 1 aromatic carbocycles. The fourth-order valence-corrected chi connectivity index (χ4v) is 4.34. The van der Waals surface area contributed by atoms with Crippen molar-refractivity contribution in [2.24, 2.45) is 0 Å². The molecule has 2 nitrogen and oxygen atoms in total. The van der Waals surface area contributed by atoms with Gasteiger partial charge in [-0.1, -0.05) is 0 Å². The Balaban J connectivity index is 1.57. The van der Waals surface area contributed by atoms with Gasteiger partial charge in [-0.3, -0.25) is 0 Å². The van der Waals surface area contributed by atoms with Gasteiger partial charge in [0, 0.05) is 17.9 Å². The first kappa shape index (κ1) is 15.9. The Bertz CT molecular complexity index is 681. The van der Waals surface area contributed by atoms with Crippen molar-refractivity contribution in [2.45, 2.75) is 51.5 Å². The highest BCUT2D eigenvalue weighted by Gasteiger charge is 2.19. The van der Waals surface area contributed by atoms with Crippen molar-refractivity contribution in [2.75, 3.05) is 19.6 Å². The number of aromatic nitrogens is 1.